The fourth-order valence-corrected chi connectivity index (χ4v) is 3.21. The van der Waals surface area contributed by atoms with Crippen molar-refractivity contribution in [2.75, 3.05) is 0 Å². The van der Waals surface area contributed by atoms with Gasteiger partial charge in [0.25, 0.3) is 0 Å². The van der Waals surface area contributed by atoms with Crippen molar-refractivity contribution in [3.05, 3.63) is 29.8 Å². The van der Waals surface area contributed by atoms with Gasteiger partial charge in [-0.2, -0.15) is 4.72 Å². The van der Waals surface area contributed by atoms with Gasteiger partial charge in [0.15, 0.2) is 5.78 Å². The van der Waals surface area contributed by atoms with Gasteiger partial charge in [-0.1, -0.05) is 38.8 Å². The number of nitrogens with one attached hydrogen (secondary N) is 1. The van der Waals surface area contributed by atoms with Gasteiger partial charge in [-0.25, -0.2) is 8.42 Å². The number of carboxylic acid groups (broad SMARTS) is 1. The van der Waals surface area contributed by atoms with Gasteiger partial charge in [-0.15, -0.1) is 0 Å². The molecule has 0 saturated heterocycles. The van der Waals surface area contributed by atoms with Crippen LogP contribution in [0.2, 0.25) is 0 Å². The van der Waals surface area contributed by atoms with Crippen molar-refractivity contribution in [1.29, 1.82) is 0 Å². The summed E-state index contributed by atoms with van der Waals surface area (Å²) in [4.78, 5) is 22.7. The number of hydrogen-bond donors (Lipinski definition) is 2. The number of carbonyl (C=O) groups excluding carboxylic acids is 1. The molecule has 0 bridgehead atoms. The molecule has 0 saturated carbocycles. The number of aliphatic carboxylic acids is 1. The van der Waals surface area contributed by atoms with Crippen molar-refractivity contribution in [3.8, 4) is 0 Å². The lowest BCUT2D eigenvalue weighted by atomic mass is 10.1. The molecule has 0 aliphatic heterocycles. The molecule has 1 aromatic carbocycles. The molecule has 0 unspecified atom stereocenters. The van der Waals surface area contributed by atoms with E-state index >= 15 is 0 Å². The molecule has 1 atom stereocenters. The molecule has 0 heterocycles. The number of Topliss-reactive ketones (excluding diaryl/α,β-unsaturated/α-hetero) is 1. The molecule has 2 N–H and O–H groups in total. The van der Waals surface area contributed by atoms with Crippen molar-refractivity contribution >= 4 is 21.8 Å². The van der Waals surface area contributed by atoms with Gasteiger partial charge in [0.05, 0.1) is 4.90 Å². The number of carboxylic acids is 1. The van der Waals surface area contributed by atoms with Gasteiger partial charge in [0, 0.05) is 12.0 Å². The molecule has 0 radical (unpaired) electrons. The van der Waals surface area contributed by atoms with E-state index in [1.807, 2.05) is 6.92 Å². The number of carbonyl (C=O) groups is 2. The van der Waals surface area contributed by atoms with Gasteiger partial charge >= 0.3 is 5.97 Å². The highest BCUT2D eigenvalue weighted by Crippen LogP contribution is 2.14. The molecule has 0 fully saturated rings. The standard InChI is InChI=1S/C15H21NO5S/c1-3-5-9-13(15(18)19)16-22(20,21)12-8-6-7-11(10-12)14(17)4-2/h6-8,10,13,16H,3-5,9H2,1-2H3,(H,18,19)/t13-/m0/s1. The fraction of sp³-hybridized carbons (Fsp3) is 0.467. The Morgan fingerprint density at radius 2 is 1.95 bits per heavy atom. The van der Waals surface area contributed by atoms with Crippen LogP contribution in [0.15, 0.2) is 29.2 Å². The summed E-state index contributed by atoms with van der Waals surface area (Å²) in [7, 11) is -3.98. The Kier molecular flexibility index (Phi) is 6.70. The zero-order chi connectivity index (χ0) is 16.8. The Morgan fingerprint density at radius 3 is 2.50 bits per heavy atom. The smallest absolute Gasteiger partial charge is 0.321 e. The van der Waals surface area contributed by atoms with Crippen LogP contribution in [0, 0.1) is 0 Å². The summed E-state index contributed by atoms with van der Waals surface area (Å²) >= 11 is 0. The first kappa shape index (κ1) is 18.3. The molecule has 0 aromatic heterocycles. The summed E-state index contributed by atoms with van der Waals surface area (Å²) in [5, 5.41) is 9.11. The normalized spacial score (nSPS) is 12.8. The maximum atomic E-state index is 12.3. The van der Waals surface area contributed by atoms with E-state index in [1.54, 1.807) is 6.92 Å². The van der Waals surface area contributed by atoms with E-state index < -0.39 is 22.0 Å². The first-order chi connectivity index (χ1) is 10.3. The molecule has 1 rings (SSSR count). The minimum atomic E-state index is -3.98. The molecular formula is C15H21NO5S. The second kappa shape index (κ2) is 8.05. The van der Waals surface area contributed by atoms with E-state index in [9.17, 15) is 18.0 Å². The Bertz CT molecular complexity index is 639. The summed E-state index contributed by atoms with van der Waals surface area (Å²) in [5.41, 5.74) is 0.297. The molecule has 6 nitrogen and oxygen atoms in total. The van der Waals surface area contributed by atoms with Crippen LogP contribution in [0.4, 0.5) is 0 Å². The lowest BCUT2D eigenvalue weighted by molar-refractivity contribution is -0.139. The summed E-state index contributed by atoms with van der Waals surface area (Å²) in [5.74, 6) is -1.38. The van der Waals surface area contributed by atoms with Crippen molar-refractivity contribution in [1.82, 2.24) is 4.72 Å². The van der Waals surface area contributed by atoms with Gasteiger partial charge in [-0.3, -0.25) is 9.59 Å². The Balaban J connectivity index is 3.02. The first-order valence-electron chi connectivity index (χ1n) is 7.20. The predicted octanol–water partition coefficient (Wildman–Crippen LogP) is 2.20. The molecule has 122 valence electrons. The van der Waals surface area contributed by atoms with Crippen LogP contribution in [0.1, 0.15) is 49.9 Å². The molecule has 0 aliphatic rings. The third-order valence-corrected chi connectivity index (χ3v) is 4.70. The molecule has 1 aromatic rings. The third-order valence-electron chi connectivity index (χ3n) is 3.23. The molecular weight excluding hydrogens is 306 g/mol. The van der Waals surface area contributed by atoms with Gasteiger partial charge in [0.1, 0.15) is 6.04 Å². The van der Waals surface area contributed by atoms with Crippen LogP contribution in [0.5, 0.6) is 0 Å². The zero-order valence-electron chi connectivity index (χ0n) is 12.7. The minimum absolute atomic E-state index is 0.102. The average molecular weight is 327 g/mol. The first-order valence-corrected chi connectivity index (χ1v) is 8.68. The maximum Gasteiger partial charge on any atom is 0.321 e. The van der Waals surface area contributed by atoms with Gasteiger partial charge in [0.2, 0.25) is 10.0 Å². The van der Waals surface area contributed by atoms with E-state index in [1.165, 1.54) is 24.3 Å². The van der Waals surface area contributed by atoms with E-state index in [-0.39, 0.29) is 23.5 Å². The molecule has 7 heteroatoms. The predicted molar refractivity (Wildman–Crippen MR) is 82.3 cm³/mol. The summed E-state index contributed by atoms with van der Waals surface area (Å²) in [6.45, 7) is 3.58. The number of hydrogen-bond acceptors (Lipinski definition) is 4. The van der Waals surface area contributed by atoms with Crippen molar-refractivity contribution in [2.24, 2.45) is 0 Å². The quantitative estimate of drug-likeness (QED) is 0.677. The van der Waals surface area contributed by atoms with Crippen LogP contribution in [0.3, 0.4) is 0 Å². The lowest BCUT2D eigenvalue weighted by Gasteiger charge is -2.14. The van der Waals surface area contributed by atoms with Crippen LogP contribution in [0.25, 0.3) is 0 Å². The van der Waals surface area contributed by atoms with Crippen LogP contribution < -0.4 is 4.72 Å². The topological polar surface area (TPSA) is 101 Å². The van der Waals surface area contributed by atoms with E-state index in [4.69, 9.17) is 5.11 Å². The molecule has 0 spiro atoms. The van der Waals surface area contributed by atoms with Crippen LogP contribution in [-0.2, 0) is 14.8 Å². The number of rotatable bonds is 9. The van der Waals surface area contributed by atoms with E-state index in [2.05, 4.69) is 4.72 Å². The maximum absolute atomic E-state index is 12.3. The second-order valence-electron chi connectivity index (χ2n) is 4.96. The number of benzene rings is 1. The highest BCUT2D eigenvalue weighted by Gasteiger charge is 2.25. The number of ketones is 1. The SMILES string of the molecule is CCCC[C@H](NS(=O)(=O)c1cccc(C(=O)CC)c1)C(=O)O. The monoisotopic (exact) mass is 327 g/mol. The largest absolute Gasteiger partial charge is 0.480 e. The molecule has 22 heavy (non-hydrogen) atoms. The number of unbranched alkanes of at least 4 members (excludes halogenated alkanes) is 1. The number of sulfonamides is 1. The minimum Gasteiger partial charge on any atom is -0.480 e. The summed E-state index contributed by atoms with van der Waals surface area (Å²) in [6.07, 6.45) is 1.86. The van der Waals surface area contributed by atoms with Crippen LogP contribution in [-0.4, -0.2) is 31.3 Å². The van der Waals surface area contributed by atoms with E-state index in [0.29, 0.717) is 12.0 Å². The highest BCUT2D eigenvalue weighted by atomic mass is 32.2. The summed E-state index contributed by atoms with van der Waals surface area (Å²) in [6, 6.07) is 4.45. The van der Waals surface area contributed by atoms with Gasteiger partial charge < -0.3 is 5.11 Å². The Labute approximate surface area is 130 Å². The zero-order valence-corrected chi connectivity index (χ0v) is 13.5. The van der Waals surface area contributed by atoms with Crippen molar-refractivity contribution < 1.29 is 23.1 Å². The van der Waals surface area contributed by atoms with Crippen LogP contribution >= 0.6 is 0 Å². The highest BCUT2D eigenvalue weighted by molar-refractivity contribution is 7.89. The average Bonchev–Trinajstić information content (AvgIpc) is 2.50. The molecule has 0 aliphatic carbocycles. The van der Waals surface area contributed by atoms with E-state index in [0.717, 1.165) is 6.42 Å². The Morgan fingerprint density at radius 1 is 1.27 bits per heavy atom. The van der Waals surface area contributed by atoms with Crippen molar-refractivity contribution in [3.63, 3.8) is 0 Å². The second-order valence-corrected chi connectivity index (χ2v) is 6.67. The fourth-order valence-electron chi connectivity index (χ4n) is 1.94. The van der Waals surface area contributed by atoms with Crippen molar-refractivity contribution in [2.45, 2.75) is 50.5 Å². The molecule has 0 amide bonds. The summed E-state index contributed by atoms with van der Waals surface area (Å²) < 4.78 is 26.8. The lowest BCUT2D eigenvalue weighted by Crippen LogP contribution is -2.40. The van der Waals surface area contributed by atoms with Gasteiger partial charge in [-0.05, 0) is 18.6 Å². The Hall–Kier alpha value is -1.73. The third kappa shape index (κ3) is 4.92.